The standard InChI is InChI=1S/C38H52ClN7O2/c1-43(25-31-8-4-2-5-9-31)36(47)26-44-20-16-34(17-21-44)42-35(24-30-12-14-33(39)15-13-30)37(48)45-22-18-38(19-23-45,27-46-29-40-28-41-46)32-10-6-3-7-11-32/h2,4-5,8-9,12-15,28-29,32,34-35,42H,3,6-7,10-11,16-27H2,1H3/t35-/m1/s1. The van der Waals surface area contributed by atoms with E-state index in [1.807, 2.05) is 65.4 Å². The van der Waals surface area contributed by atoms with Crippen molar-refractivity contribution in [1.29, 1.82) is 0 Å². The predicted octanol–water partition coefficient (Wildman–Crippen LogP) is 5.44. The molecule has 48 heavy (non-hydrogen) atoms. The highest BCUT2D eigenvalue weighted by Gasteiger charge is 2.44. The molecule has 3 aromatic rings. The average Bonchev–Trinajstić information content (AvgIpc) is 3.63. The van der Waals surface area contributed by atoms with Gasteiger partial charge in [-0.3, -0.25) is 19.2 Å². The summed E-state index contributed by atoms with van der Waals surface area (Å²) in [4.78, 5) is 37.7. The van der Waals surface area contributed by atoms with Crippen LogP contribution in [0.4, 0.5) is 0 Å². The molecule has 1 aliphatic carbocycles. The lowest BCUT2D eigenvalue weighted by Gasteiger charge is -2.48. The van der Waals surface area contributed by atoms with Gasteiger partial charge >= 0.3 is 0 Å². The Bertz CT molecular complexity index is 1430. The van der Waals surface area contributed by atoms with Crippen molar-refractivity contribution in [3.8, 4) is 0 Å². The minimum atomic E-state index is -0.307. The van der Waals surface area contributed by atoms with Crippen LogP contribution in [0.5, 0.6) is 0 Å². The molecule has 2 aliphatic heterocycles. The summed E-state index contributed by atoms with van der Waals surface area (Å²) < 4.78 is 2.01. The van der Waals surface area contributed by atoms with Gasteiger partial charge in [0.25, 0.3) is 0 Å². The van der Waals surface area contributed by atoms with E-state index in [1.54, 1.807) is 6.33 Å². The Labute approximate surface area is 291 Å². The van der Waals surface area contributed by atoms with Crippen LogP contribution in [-0.4, -0.2) is 93.1 Å². The lowest BCUT2D eigenvalue weighted by atomic mass is 9.63. The number of likely N-dealkylation sites (tertiary alicyclic amines) is 2. The van der Waals surface area contributed by atoms with Gasteiger partial charge in [0.05, 0.1) is 12.6 Å². The minimum absolute atomic E-state index is 0.138. The maximum Gasteiger partial charge on any atom is 0.240 e. The number of nitrogens with one attached hydrogen (secondary N) is 1. The van der Waals surface area contributed by atoms with Crippen molar-refractivity contribution >= 4 is 23.4 Å². The van der Waals surface area contributed by atoms with E-state index in [-0.39, 0.29) is 29.3 Å². The van der Waals surface area contributed by atoms with E-state index >= 15 is 0 Å². The number of piperidine rings is 2. The summed E-state index contributed by atoms with van der Waals surface area (Å²) in [5.74, 6) is 1.01. The highest BCUT2D eigenvalue weighted by atomic mass is 35.5. The molecule has 2 aromatic carbocycles. The fourth-order valence-corrected chi connectivity index (χ4v) is 8.44. The zero-order chi connectivity index (χ0) is 33.3. The number of rotatable bonds is 12. The number of carbonyl (C=O) groups excluding carboxylic acids is 2. The van der Waals surface area contributed by atoms with Crippen molar-refractivity contribution in [2.45, 2.75) is 89.4 Å². The van der Waals surface area contributed by atoms with Gasteiger partial charge in [-0.15, -0.1) is 0 Å². The van der Waals surface area contributed by atoms with E-state index in [1.165, 1.54) is 32.1 Å². The monoisotopic (exact) mass is 673 g/mol. The van der Waals surface area contributed by atoms with E-state index < -0.39 is 0 Å². The largest absolute Gasteiger partial charge is 0.341 e. The van der Waals surface area contributed by atoms with Gasteiger partial charge < -0.3 is 15.1 Å². The van der Waals surface area contributed by atoms with Crippen molar-refractivity contribution in [3.63, 3.8) is 0 Å². The second kappa shape index (κ2) is 16.4. The first-order valence-corrected chi connectivity index (χ1v) is 18.4. The van der Waals surface area contributed by atoms with Crippen LogP contribution in [0.25, 0.3) is 0 Å². The molecular formula is C38H52ClN7O2. The number of benzene rings is 2. The Morgan fingerprint density at radius 2 is 1.65 bits per heavy atom. The number of likely N-dealkylation sites (N-methyl/N-ethyl adjacent to an activating group) is 1. The Kier molecular flexibility index (Phi) is 11.8. The van der Waals surface area contributed by atoms with Crippen LogP contribution in [0, 0.1) is 11.3 Å². The smallest absolute Gasteiger partial charge is 0.240 e. The van der Waals surface area contributed by atoms with Gasteiger partial charge in [-0.2, -0.15) is 5.10 Å². The third-order valence-corrected chi connectivity index (χ3v) is 11.5. The van der Waals surface area contributed by atoms with E-state index in [4.69, 9.17) is 11.6 Å². The number of hydrogen-bond acceptors (Lipinski definition) is 6. The second-order valence-corrected chi connectivity index (χ2v) is 14.9. The molecule has 1 saturated carbocycles. The Morgan fingerprint density at radius 1 is 0.938 bits per heavy atom. The number of hydrogen-bond donors (Lipinski definition) is 1. The summed E-state index contributed by atoms with van der Waals surface area (Å²) in [5, 5.41) is 8.98. The summed E-state index contributed by atoms with van der Waals surface area (Å²) in [6.07, 6.45) is 14.4. The first-order chi connectivity index (χ1) is 23.4. The molecule has 0 bridgehead atoms. The maximum absolute atomic E-state index is 14.3. The van der Waals surface area contributed by atoms with Crippen molar-refractivity contribution in [2.75, 3.05) is 39.8 Å². The SMILES string of the molecule is CN(Cc1ccccc1)C(=O)CN1CCC(N[C@H](Cc2ccc(Cl)cc2)C(=O)N2CCC(Cn3cncn3)(C3CCCCC3)CC2)CC1. The number of halogens is 1. The van der Waals surface area contributed by atoms with E-state index in [2.05, 4.69) is 37.3 Å². The van der Waals surface area contributed by atoms with Crippen LogP contribution in [-0.2, 0) is 29.1 Å². The molecule has 1 N–H and O–H groups in total. The van der Waals surface area contributed by atoms with E-state index in [0.29, 0.717) is 30.5 Å². The first-order valence-electron chi connectivity index (χ1n) is 18.0. The predicted molar refractivity (Wildman–Crippen MR) is 189 cm³/mol. The number of nitrogens with zero attached hydrogens (tertiary/aromatic N) is 6. The minimum Gasteiger partial charge on any atom is -0.341 e. The van der Waals surface area contributed by atoms with Crippen LogP contribution in [0.15, 0.2) is 67.3 Å². The van der Waals surface area contributed by atoms with Gasteiger partial charge in [-0.25, -0.2) is 4.98 Å². The number of amides is 2. The lowest BCUT2D eigenvalue weighted by molar-refractivity contribution is -0.137. The molecule has 3 heterocycles. The molecule has 3 fully saturated rings. The molecule has 258 valence electrons. The van der Waals surface area contributed by atoms with Crippen molar-refractivity contribution < 1.29 is 9.59 Å². The molecule has 0 radical (unpaired) electrons. The molecule has 2 amide bonds. The molecule has 10 heteroatoms. The molecule has 1 aromatic heterocycles. The molecule has 0 unspecified atom stereocenters. The van der Waals surface area contributed by atoms with Gasteiger partial charge in [0.1, 0.15) is 12.7 Å². The summed E-state index contributed by atoms with van der Waals surface area (Å²) in [7, 11) is 1.88. The molecule has 3 aliphatic rings. The molecule has 9 nitrogen and oxygen atoms in total. The third kappa shape index (κ3) is 9.04. The van der Waals surface area contributed by atoms with Gasteiger partial charge in [0.15, 0.2) is 0 Å². The van der Waals surface area contributed by atoms with Crippen molar-refractivity contribution in [2.24, 2.45) is 11.3 Å². The zero-order valence-corrected chi connectivity index (χ0v) is 29.2. The summed E-state index contributed by atoms with van der Waals surface area (Å²) in [5.41, 5.74) is 2.40. The Balaban J connectivity index is 1.06. The van der Waals surface area contributed by atoms with Crippen molar-refractivity contribution in [3.05, 3.63) is 83.4 Å². The Morgan fingerprint density at radius 3 is 2.31 bits per heavy atom. The second-order valence-electron chi connectivity index (χ2n) is 14.5. The molecule has 1 atom stereocenters. The van der Waals surface area contributed by atoms with Gasteiger partial charge in [-0.1, -0.05) is 73.3 Å². The summed E-state index contributed by atoms with van der Waals surface area (Å²) in [6.45, 7) is 5.15. The molecule has 6 rings (SSSR count). The normalized spacial score (nSPS) is 20.0. The number of aromatic nitrogens is 3. The Hall–Kier alpha value is -3.27. The molecule has 2 saturated heterocycles. The lowest BCUT2D eigenvalue weighted by Crippen LogP contribution is -2.56. The topological polar surface area (TPSA) is 86.6 Å². The van der Waals surface area contributed by atoms with Gasteiger partial charge in [0, 0.05) is 57.4 Å². The third-order valence-electron chi connectivity index (χ3n) is 11.2. The van der Waals surface area contributed by atoms with Crippen molar-refractivity contribution in [1.82, 2.24) is 34.8 Å². The van der Waals surface area contributed by atoms with Crippen LogP contribution in [0.2, 0.25) is 5.02 Å². The van der Waals surface area contributed by atoms with Crippen LogP contribution in [0.3, 0.4) is 0 Å². The molecule has 0 spiro atoms. The van der Waals surface area contributed by atoms with E-state index in [0.717, 1.165) is 69.5 Å². The number of carbonyl (C=O) groups is 2. The fourth-order valence-electron chi connectivity index (χ4n) is 8.31. The average molecular weight is 674 g/mol. The van der Waals surface area contributed by atoms with Crippen LogP contribution >= 0.6 is 11.6 Å². The van der Waals surface area contributed by atoms with E-state index in [9.17, 15) is 9.59 Å². The van der Waals surface area contributed by atoms with Gasteiger partial charge in [0.2, 0.25) is 11.8 Å². The first kappa shape index (κ1) is 34.6. The van der Waals surface area contributed by atoms with Gasteiger partial charge in [-0.05, 0) is 79.5 Å². The highest BCUT2D eigenvalue weighted by molar-refractivity contribution is 6.30. The highest BCUT2D eigenvalue weighted by Crippen LogP contribution is 2.47. The van der Waals surface area contributed by atoms with Crippen LogP contribution < -0.4 is 5.32 Å². The summed E-state index contributed by atoms with van der Waals surface area (Å²) in [6, 6.07) is 17.9. The molecular weight excluding hydrogens is 622 g/mol. The van der Waals surface area contributed by atoms with Crippen LogP contribution in [0.1, 0.15) is 68.9 Å². The quantitative estimate of drug-likeness (QED) is 0.276. The maximum atomic E-state index is 14.3. The zero-order valence-electron chi connectivity index (χ0n) is 28.5. The summed E-state index contributed by atoms with van der Waals surface area (Å²) >= 11 is 6.21. The fraction of sp³-hybridized carbons (Fsp3) is 0.579.